The van der Waals surface area contributed by atoms with E-state index in [4.69, 9.17) is 0 Å². The van der Waals surface area contributed by atoms with E-state index in [0.29, 0.717) is 0 Å². The molecule has 0 aromatic carbocycles. The van der Waals surface area contributed by atoms with Gasteiger partial charge in [0.1, 0.15) is 0 Å². The molecule has 10 heavy (non-hydrogen) atoms. The Morgan fingerprint density at radius 2 is 1.10 bits per heavy atom. The van der Waals surface area contributed by atoms with Gasteiger partial charge < -0.3 is 0 Å². The molecule has 0 amide bonds. The Balaban J connectivity index is 0. The predicted octanol–water partition coefficient (Wildman–Crippen LogP) is -3.29. The maximum Gasteiger partial charge on any atom is 1.00 e. The van der Waals surface area contributed by atoms with Gasteiger partial charge >= 0.3 is 51.4 Å². The van der Waals surface area contributed by atoms with Crippen molar-refractivity contribution in [3.8, 4) is 0 Å². The van der Waals surface area contributed by atoms with Crippen molar-refractivity contribution < 1.29 is 76.0 Å². The van der Waals surface area contributed by atoms with Crippen molar-refractivity contribution in [2.75, 3.05) is 0 Å². The molecule has 56 valence electrons. The average molecular weight is 218 g/mol. The fraction of sp³-hybridized carbons (Fsp3) is 0. The Morgan fingerprint density at radius 1 is 0.900 bits per heavy atom. The van der Waals surface area contributed by atoms with Gasteiger partial charge in [0.15, 0.2) is 20.4 Å². The van der Waals surface area contributed by atoms with E-state index in [1.165, 1.54) is 0 Å². The summed E-state index contributed by atoms with van der Waals surface area (Å²) in [5.74, 6) is 0. The first-order valence-electron chi connectivity index (χ1n) is 1.45. The molecule has 0 aromatic rings. The summed E-state index contributed by atoms with van der Waals surface area (Å²) in [6.45, 7) is 0. The molecule has 0 spiro atoms. The van der Waals surface area contributed by atoms with Gasteiger partial charge in [0, 0.05) is 0 Å². The summed E-state index contributed by atoms with van der Waals surface area (Å²) in [6.07, 6.45) is 0. The Morgan fingerprint density at radius 3 is 1.10 bits per heavy atom. The maximum absolute atomic E-state index is 11.2. The third-order valence-electron chi connectivity index (χ3n) is 0.230. The van der Waals surface area contributed by atoms with Gasteiger partial charge in [-0.15, -0.1) is 7.77 Å². The van der Waals surface area contributed by atoms with Crippen LogP contribution in [0.25, 0.3) is 0 Å². The van der Waals surface area contributed by atoms with E-state index in [0.717, 1.165) is 0 Å². The molecule has 4 nitrogen and oxygen atoms in total. The van der Waals surface area contributed by atoms with Gasteiger partial charge in [-0.05, 0) is 5.08 Å². The monoisotopic (exact) mass is 218 g/mol. The molecule has 0 heterocycles. The van der Waals surface area contributed by atoms with E-state index in [2.05, 4.69) is 0 Å². The third-order valence-corrected chi connectivity index (χ3v) is 2.07. The first kappa shape index (κ1) is 14.0. The first-order valence-corrected chi connectivity index (χ1v) is 4.34. The summed E-state index contributed by atoms with van der Waals surface area (Å²) in [7, 11) is -10.7. The molecule has 0 radical (unpaired) electrons. The van der Waals surface area contributed by atoms with Crippen LogP contribution in [-0.2, 0) is 20.4 Å². The van der Waals surface area contributed by atoms with Crippen LogP contribution in [0.2, 0.25) is 0 Å². The number of hydrogen-bond acceptors (Lipinski definition) is 4. The smallest absolute Gasteiger partial charge is 0.229 e. The minimum Gasteiger partial charge on any atom is -0.229 e. The number of hydrogen-bond donors (Lipinski definition) is 0. The molecule has 9 heteroatoms. The molecule has 0 aliphatic heterocycles. The summed E-state index contributed by atoms with van der Waals surface area (Å²) in [5, 5.41) is -1.01. The second-order valence-corrected chi connectivity index (χ2v) is 3.72. The average Bonchev–Trinajstić information content (AvgIpc) is 1.14. The topological polar surface area (TPSA) is 68.3 Å². The van der Waals surface area contributed by atoms with Crippen molar-refractivity contribution in [3.63, 3.8) is 0 Å². The summed E-state index contributed by atoms with van der Waals surface area (Å²) in [5.41, 5.74) is 0. The zero-order valence-electron chi connectivity index (χ0n) is 4.78. The predicted molar refractivity (Wildman–Crippen MR) is 24.4 cm³/mol. The molecule has 0 aliphatic rings. The number of rotatable bonds is 2. The standard InChI is InChI=1S/CHF2O4S2.K/c2-8(4,5)1-9(3,6)7;/h1H;/q-1;+1. The van der Waals surface area contributed by atoms with Gasteiger partial charge in [-0.1, -0.05) is 0 Å². The molecule has 0 unspecified atom stereocenters. The van der Waals surface area contributed by atoms with Crippen LogP contribution in [0.15, 0.2) is 0 Å². The van der Waals surface area contributed by atoms with Crippen molar-refractivity contribution in [3.05, 3.63) is 5.08 Å². The van der Waals surface area contributed by atoms with Crippen molar-refractivity contribution in [1.29, 1.82) is 0 Å². The Labute approximate surface area is 99.8 Å². The molecule has 0 saturated carbocycles. The van der Waals surface area contributed by atoms with Crippen LogP contribution < -0.4 is 51.4 Å². The summed E-state index contributed by atoms with van der Waals surface area (Å²) < 4.78 is 59.6. The van der Waals surface area contributed by atoms with Gasteiger partial charge in [0.05, 0.1) is 0 Å². The largest absolute Gasteiger partial charge is 1.00 e. The first-order chi connectivity index (χ1) is 3.71. The van der Waals surface area contributed by atoms with Crippen LogP contribution >= 0.6 is 0 Å². The SMILES string of the molecule is O=S(=O)(F)[CH-]S(=O)(=O)F.[K+]. The van der Waals surface area contributed by atoms with E-state index >= 15 is 0 Å². The van der Waals surface area contributed by atoms with Gasteiger partial charge in [-0.25, -0.2) is 16.8 Å². The van der Waals surface area contributed by atoms with Crippen LogP contribution in [0.3, 0.4) is 0 Å². The van der Waals surface area contributed by atoms with Crippen LogP contribution in [0.1, 0.15) is 0 Å². The third kappa shape index (κ3) is 12.1. The molecule has 0 aliphatic carbocycles. The normalized spacial score (nSPS) is 12.2. The molecular weight excluding hydrogens is 217 g/mol. The minimum absolute atomic E-state index is 0. The molecule has 0 N–H and O–H groups in total. The fourth-order valence-corrected chi connectivity index (χ4v) is 1.24. The van der Waals surface area contributed by atoms with Gasteiger partial charge in [0.2, 0.25) is 0 Å². The summed E-state index contributed by atoms with van der Waals surface area (Å²) in [4.78, 5) is 0. The van der Waals surface area contributed by atoms with E-state index in [9.17, 15) is 24.6 Å². The summed E-state index contributed by atoms with van der Waals surface area (Å²) in [6, 6.07) is 0. The minimum atomic E-state index is -5.37. The van der Waals surface area contributed by atoms with Gasteiger partial charge in [0.25, 0.3) is 0 Å². The number of halogens is 2. The van der Waals surface area contributed by atoms with Crippen LogP contribution in [0.4, 0.5) is 7.77 Å². The Kier molecular flexibility index (Phi) is 6.18. The van der Waals surface area contributed by atoms with Crippen molar-refractivity contribution >= 4 is 20.4 Å². The van der Waals surface area contributed by atoms with Crippen molar-refractivity contribution in [2.45, 2.75) is 0 Å². The van der Waals surface area contributed by atoms with E-state index in [1.54, 1.807) is 0 Å². The van der Waals surface area contributed by atoms with Crippen LogP contribution in [0, 0.1) is 5.08 Å². The zero-order chi connectivity index (χ0) is 7.71. The van der Waals surface area contributed by atoms with E-state index in [-0.39, 0.29) is 51.4 Å². The quantitative estimate of drug-likeness (QED) is 0.277. The second kappa shape index (κ2) is 4.43. The molecule has 0 atom stereocenters. The zero-order valence-corrected chi connectivity index (χ0v) is 9.54. The molecular formula is CHF2KO4S2. The molecule has 0 aromatic heterocycles. The molecule has 0 saturated heterocycles. The van der Waals surface area contributed by atoms with Crippen LogP contribution in [-0.4, -0.2) is 16.8 Å². The van der Waals surface area contributed by atoms with Crippen molar-refractivity contribution in [2.24, 2.45) is 0 Å². The molecule has 0 bridgehead atoms. The second-order valence-electron chi connectivity index (χ2n) is 1.05. The van der Waals surface area contributed by atoms with Gasteiger partial charge in [-0.3, -0.25) is 0 Å². The van der Waals surface area contributed by atoms with E-state index < -0.39 is 25.5 Å². The Hall–Kier alpha value is 1.40. The van der Waals surface area contributed by atoms with Gasteiger partial charge in [-0.2, -0.15) is 0 Å². The fourth-order valence-electron chi connectivity index (χ4n) is 0.137. The van der Waals surface area contributed by atoms with E-state index in [1.807, 2.05) is 0 Å². The van der Waals surface area contributed by atoms with Crippen LogP contribution in [0.5, 0.6) is 0 Å². The molecule has 0 fully saturated rings. The Bertz CT molecular complexity index is 246. The summed E-state index contributed by atoms with van der Waals surface area (Å²) >= 11 is 0. The molecule has 0 rings (SSSR count). The maximum atomic E-state index is 11.2. The van der Waals surface area contributed by atoms with Crippen molar-refractivity contribution in [1.82, 2.24) is 0 Å².